The van der Waals surface area contributed by atoms with Crippen LogP contribution in [0, 0.1) is 0 Å². The molecule has 2 rings (SSSR count). The molecule has 0 bridgehead atoms. The number of halogens is 2. The van der Waals surface area contributed by atoms with Gasteiger partial charge in [-0.1, -0.05) is 6.07 Å². The molecular weight excluding hydrogens is 235 g/mol. The molecule has 0 aliphatic rings. The average Bonchev–Trinajstić information content (AvgIpc) is 2.74. The van der Waals surface area contributed by atoms with Crippen molar-refractivity contribution in [2.75, 3.05) is 5.43 Å². The fourth-order valence-corrected chi connectivity index (χ4v) is 0.726. The molecule has 0 unspecified atom stereocenters. The van der Waals surface area contributed by atoms with Crippen LogP contribution >= 0.6 is 24.8 Å². The molecule has 2 aromatic rings. The Morgan fingerprint density at radius 2 is 1.80 bits per heavy atom. The van der Waals surface area contributed by atoms with E-state index in [1.807, 2.05) is 24.3 Å². The number of aromatic nitrogens is 2. The Morgan fingerprint density at radius 3 is 2.00 bits per heavy atom. The maximum atomic E-state index is 5.02. The van der Waals surface area contributed by atoms with Gasteiger partial charge in [-0.2, -0.15) is 0 Å². The number of hydrogen-bond donors (Lipinski definition) is 3. The second-order valence-electron chi connectivity index (χ2n) is 2.27. The predicted molar refractivity (Wildman–Crippen MR) is 67.3 cm³/mol. The van der Waals surface area contributed by atoms with Crippen molar-refractivity contribution in [3.05, 3.63) is 49.1 Å². The standard InChI is InChI=1S/C5H5N.C4H7N3.2ClH/c1-2-4-6-5-3-1;5-7-4-1-2-6-3-4;;/h1-5H;1-3,6-7H,5H2;2*1H. The highest BCUT2D eigenvalue weighted by Crippen LogP contribution is 1.98. The minimum atomic E-state index is 0. The Hall–Kier alpha value is -1.23. The van der Waals surface area contributed by atoms with Crippen molar-refractivity contribution >= 4 is 30.5 Å². The molecule has 0 radical (unpaired) electrons. The Labute approximate surface area is 101 Å². The van der Waals surface area contributed by atoms with Gasteiger partial charge in [0.2, 0.25) is 0 Å². The SMILES string of the molecule is Cl.Cl.NNc1cc[nH]c1.c1ccncc1. The van der Waals surface area contributed by atoms with Crippen LogP contribution in [-0.4, -0.2) is 9.97 Å². The molecule has 0 fully saturated rings. The van der Waals surface area contributed by atoms with Crippen molar-refractivity contribution < 1.29 is 0 Å². The highest BCUT2D eigenvalue weighted by atomic mass is 35.5. The molecule has 0 amide bonds. The summed E-state index contributed by atoms with van der Waals surface area (Å²) in [5.74, 6) is 5.02. The van der Waals surface area contributed by atoms with E-state index in [4.69, 9.17) is 5.84 Å². The molecule has 4 N–H and O–H groups in total. The van der Waals surface area contributed by atoms with Crippen LogP contribution in [0.4, 0.5) is 5.69 Å². The molecule has 2 aromatic heterocycles. The van der Waals surface area contributed by atoms with Gasteiger partial charge in [0.15, 0.2) is 0 Å². The van der Waals surface area contributed by atoms with Crippen molar-refractivity contribution in [3.63, 3.8) is 0 Å². The number of nitrogen functional groups attached to an aromatic ring is 1. The molecule has 0 aliphatic heterocycles. The van der Waals surface area contributed by atoms with E-state index in [9.17, 15) is 0 Å². The Morgan fingerprint density at radius 1 is 1.13 bits per heavy atom. The number of H-pyrrole nitrogens is 1. The Kier molecular flexibility index (Phi) is 11.7. The summed E-state index contributed by atoms with van der Waals surface area (Å²) in [5.41, 5.74) is 3.38. The van der Waals surface area contributed by atoms with Gasteiger partial charge in [-0.15, -0.1) is 24.8 Å². The summed E-state index contributed by atoms with van der Waals surface area (Å²) in [6.07, 6.45) is 7.08. The maximum Gasteiger partial charge on any atom is 0.0659 e. The summed E-state index contributed by atoms with van der Waals surface area (Å²) in [4.78, 5) is 6.62. The summed E-state index contributed by atoms with van der Waals surface area (Å²) in [6.45, 7) is 0. The van der Waals surface area contributed by atoms with Crippen molar-refractivity contribution in [1.82, 2.24) is 9.97 Å². The highest BCUT2D eigenvalue weighted by Gasteiger charge is 1.79. The number of nitrogens with two attached hydrogens (primary N) is 1. The molecule has 2 heterocycles. The minimum Gasteiger partial charge on any atom is -0.366 e. The quantitative estimate of drug-likeness (QED) is 0.536. The van der Waals surface area contributed by atoms with Gasteiger partial charge in [-0.25, -0.2) is 0 Å². The van der Waals surface area contributed by atoms with Crippen LogP contribution < -0.4 is 11.3 Å². The number of nitrogens with zero attached hydrogens (tertiary/aromatic N) is 1. The van der Waals surface area contributed by atoms with Crippen LogP contribution in [0.5, 0.6) is 0 Å². The Bertz CT molecular complexity index is 272. The van der Waals surface area contributed by atoms with Crippen molar-refractivity contribution in [3.8, 4) is 0 Å². The number of hydrogen-bond acceptors (Lipinski definition) is 3. The first-order chi connectivity index (χ1) is 6.43. The van der Waals surface area contributed by atoms with Gasteiger partial charge in [0, 0.05) is 24.8 Å². The summed E-state index contributed by atoms with van der Waals surface area (Å²) in [7, 11) is 0. The van der Waals surface area contributed by atoms with E-state index < -0.39 is 0 Å². The first-order valence-electron chi connectivity index (χ1n) is 3.88. The number of rotatable bonds is 1. The fraction of sp³-hybridized carbons (Fsp3) is 0. The lowest BCUT2D eigenvalue weighted by Gasteiger charge is -1.86. The highest BCUT2D eigenvalue weighted by molar-refractivity contribution is 5.85. The maximum absolute atomic E-state index is 5.02. The largest absolute Gasteiger partial charge is 0.366 e. The van der Waals surface area contributed by atoms with Gasteiger partial charge in [-0.05, 0) is 18.2 Å². The fourth-order valence-electron chi connectivity index (χ4n) is 0.726. The molecule has 6 heteroatoms. The molecule has 0 saturated heterocycles. The van der Waals surface area contributed by atoms with E-state index >= 15 is 0 Å². The van der Waals surface area contributed by atoms with E-state index in [1.54, 1.807) is 24.8 Å². The number of aromatic amines is 1. The molecule has 0 aromatic carbocycles. The predicted octanol–water partition coefficient (Wildman–Crippen LogP) is 2.23. The zero-order valence-corrected chi connectivity index (χ0v) is 9.59. The third kappa shape index (κ3) is 7.81. The van der Waals surface area contributed by atoms with Crippen molar-refractivity contribution in [1.29, 1.82) is 0 Å². The molecule has 4 nitrogen and oxygen atoms in total. The zero-order chi connectivity index (χ0) is 9.36. The minimum absolute atomic E-state index is 0. The van der Waals surface area contributed by atoms with E-state index in [1.165, 1.54) is 0 Å². The van der Waals surface area contributed by atoms with Crippen LogP contribution in [0.25, 0.3) is 0 Å². The van der Waals surface area contributed by atoms with Gasteiger partial charge < -0.3 is 10.4 Å². The van der Waals surface area contributed by atoms with Crippen molar-refractivity contribution in [2.24, 2.45) is 5.84 Å². The summed E-state index contributed by atoms with van der Waals surface area (Å²) in [5, 5.41) is 0. The second kappa shape index (κ2) is 10.8. The van der Waals surface area contributed by atoms with Crippen LogP contribution in [0.3, 0.4) is 0 Å². The van der Waals surface area contributed by atoms with Crippen LogP contribution in [-0.2, 0) is 0 Å². The molecule has 0 spiro atoms. The van der Waals surface area contributed by atoms with Gasteiger partial charge in [-0.3, -0.25) is 10.8 Å². The van der Waals surface area contributed by atoms with Gasteiger partial charge in [0.05, 0.1) is 5.69 Å². The van der Waals surface area contributed by atoms with Crippen LogP contribution in [0.1, 0.15) is 0 Å². The zero-order valence-electron chi connectivity index (χ0n) is 7.96. The topological polar surface area (TPSA) is 66.7 Å². The Balaban J connectivity index is 0. The number of hydrazine groups is 1. The lowest BCUT2D eigenvalue weighted by Crippen LogP contribution is -2.04. The van der Waals surface area contributed by atoms with Gasteiger partial charge in [0.1, 0.15) is 0 Å². The first-order valence-corrected chi connectivity index (χ1v) is 3.88. The molecule has 0 atom stereocenters. The smallest absolute Gasteiger partial charge is 0.0659 e. The van der Waals surface area contributed by atoms with E-state index in [2.05, 4.69) is 15.4 Å². The van der Waals surface area contributed by atoms with E-state index in [0.29, 0.717) is 0 Å². The van der Waals surface area contributed by atoms with Crippen molar-refractivity contribution in [2.45, 2.75) is 0 Å². The third-order valence-corrected chi connectivity index (χ3v) is 1.33. The lowest BCUT2D eigenvalue weighted by atomic mass is 10.5. The summed E-state index contributed by atoms with van der Waals surface area (Å²) in [6, 6.07) is 7.56. The molecule has 0 saturated carbocycles. The third-order valence-electron chi connectivity index (χ3n) is 1.33. The summed E-state index contributed by atoms with van der Waals surface area (Å²) >= 11 is 0. The number of pyridine rings is 1. The van der Waals surface area contributed by atoms with Crippen LogP contribution in [0.2, 0.25) is 0 Å². The molecule has 15 heavy (non-hydrogen) atoms. The molecule has 0 aliphatic carbocycles. The van der Waals surface area contributed by atoms with E-state index in [-0.39, 0.29) is 24.8 Å². The monoisotopic (exact) mass is 248 g/mol. The van der Waals surface area contributed by atoms with Crippen LogP contribution in [0.15, 0.2) is 49.1 Å². The number of nitrogens with one attached hydrogen (secondary N) is 2. The van der Waals surface area contributed by atoms with Gasteiger partial charge >= 0.3 is 0 Å². The average molecular weight is 249 g/mol. The number of anilines is 1. The summed E-state index contributed by atoms with van der Waals surface area (Å²) < 4.78 is 0. The van der Waals surface area contributed by atoms with E-state index in [0.717, 1.165) is 5.69 Å². The lowest BCUT2D eigenvalue weighted by molar-refractivity contribution is 1.33. The molecule has 84 valence electrons. The normalized spacial score (nSPS) is 7.27. The first kappa shape index (κ1) is 16.2. The van der Waals surface area contributed by atoms with Gasteiger partial charge in [0.25, 0.3) is 0 Å². The second-order valence-corrected chi connectivity index (χ2v) is 2.27. The molecular formula is C9H14Cl2N4.